The number of rotatable bonds is 8. The lowest BCUT2D eigenvalue weighted by Crippen LogP contribution is -2.40. The smallest absolute Gasteiger partial charge is 0.411 e. The Hall–Kier alpha value is -4.17. The van der Waals surface area contributed by atoms with Crippen LogP contribution in [0.1, 0.15) is 29.6 Å². The van der Waals surface area contributed by atoms with Crippen molar-refractivity contribution < 1.29 is 24.2 Å². The number of anilines is 2. The van der Waals surface area contributed by atoms with Gasteiger partial charge in [-0.25, -0.2) is 9.59 Å². The Morgan fingerprint density at radius 1 is 0.973 bits per heavy atom. The molecule has 8 nitrogen and oxygen atoms in total. The van der Waals surface area contributed by atoms with Crippen molar-refractivity contribution in [3.63, 3.8) is 0 Å². The van der Waals surface area contributed by atoms with Crippen molar-refractivity contribution in [3.05, 3.63) is 84.4 Å². The highest BCUT2D eigenvalue weighted by molar-refractivity contribution is 5.95. The Bertz CT molecular complexity index is 1240. The number of aromatic carboxylic acids is 1. The number of hydrogen-bond acceptors (Lipinski definition) is 5. The zero-order chi connectivity index (χ0) is 26.2. The Morgan fingerprint density at radius 2 is 1.68 bits per heavy atom. The molecule has 0 saturated carbocycles. The van der Waals surface area contributed by atoms with Crippen LogP contribution in [0.2, 0.25) is 0 Å². The molecule has 1 aliphatic heterocycles. The second-order valence-corrected chi connectivity index (χ2v) is 9.04. The molecule has 8 heteroatoms. The number of ether oxygens (including phenoxy) is 1. The number of likely N-dealkylation sites (tertiary alicyclic amines) is 1. The van der Waals surface area contributed by atoms with E-state index in [1.807, 2.05) is 54.6 Å². The van der Waals surface area contributed by atoms with Gasteiger partial charge in [0.25, 0.3) is 0 Å². The predicted octanol–water partition coefficient (Wildman–Crippen LogP) is 5.12. The summed E-state index contributed by atoms with van der Waals surface area (Å²) in [6.45, 7) is 2.04. The maximum absolute atomic E-state index is 12.7. The lowest BCUT2D eigenvalue weighted by Gasteiger charge is -2.31. The van der Waals surface area contributed by atoms with Gasteiger partial charge in [0.05, 0.1) is 11.3 Å². The van der Waals surface area contributed by atoms with Crippen LogP contribution in [0, 0.1) is 0 Å². The van der Waals surface area contributed by atoms with Gasteiger partial charge in [-0.3, -0.25) is 10.1 Å². The largest absolute Gasteiger partial charge is 0.478 e. The van der Waals surface area contributed by atoms with E-state index in [0.29, 0.717) is 37.2 Å². The van der Waals surface area contributed by atoms with E-state index in [4.69, 9.17) is 9.84 Å². The molecule has 0 aliphatic carbocycles. The summed E-state index contributed by atoms with van der Waals surface area (Å²) in [7, 11) is 1.65. The maximum atomic E-state index is 12.7. The third-order valence-corrected chi connectivity index (χ3v) is 6.55. The Morgan fingerprint density at radius 3 is 2.41 bits per heavy atom. The minimum atomic E-state index is -1.03. The van der Waals surface area contributed by atoms with Crippen LogP contribution in [0.3, 0.4) is 0 Å². The van der Waals surface area contributed by atoms with Gasteiger partial charge in [-0.05, 0) is 42.7 Å². The SMILES string of the molecule is CN(C(=O)CCN1CCC(OC(=O)Nc2ccccc2-c2ccccc2)CC1)c1cccc(C(=O)O)c1. The lowest BCUT2D eigenvalue weighted by atomic mass is 10.0. The van der Waals surface area contributed by atoms with Crippen LogP contribution >= 0.6 is 0 Å². The minimum absolute atomic E-state index is 0.0858. The summed E-state index contributed by atoms with van der Waals surface area (Å²) in [5.74, 6) is -1.11. The summed E-state index contributed by atoms with van der Waals surface area (Å²) in [5, 5.41) is 12.1. The van der Waals surface area contributed by atoms with Crippen molar-refractivity contribution in [1.82, 2.24) is 4.90 Å². The first-order valence-corrected chi connectivity index (χ1v) is 12.3. The average Bonchev–Trinajstić information content (AvgIpc) is 2.93. The number of piperidine rings is 1. The van der Waals surface area contributed by atoms with Crippen molar-refractivity contribution in [2.75, 3.05) is 36.9 Å². The number of carbonyl (C=O) groups excluding carboxylic acids is 2. The van der Waals surface area contributed by atoms with Crippen LogP contribution in [0.5, 0.6) is 0 Å². The molecule has 1 heterocycles. The molecule has 37 heavy (non-hydrogen) atoms. The van der Waals surface area contributed by atoms with Gasteiger partial charge in [-0.1, -0.05) is 54.6 Å². The van der Waals surface area contributed by atoms with Crippen LogP contribution in [-0.4, -0.2) is 60.8 Å². The van der Waals surface area contributed by atoms with Gasteiger partial charge >= 0.3 is 12.1 Å². The van der Waals surface area contributed by atoms with E-state index < -0.39 is 12.1 Å². The number of benzene rings is 3. The Labute approximate surface area is 216 Å². The molecule has 4 rings (SSSR count). The quantitative estimate of drug-likeness (QED) is 0.445. The first kappa shape index (κ1) is 25.9. The topological polar surface area (TPSA) is 99.2 Å². The second kappa shape index (κ2) is 12.2. The summed E-state index contributed by atoms with van der Waals surface area (Å²) in [4.78, 5) is 40.1. The summed E-state index contributed by atoms with van der Waals surface area (Å²) in [6, 6.07) is 23.8. The molecule has 3 aromatic carbocycles. The Kier molecular flexibility index (Phi) is 8.53. The molecule has 2 amide bonds. The number of carboxylic acids is 1. The molecular weight excluding hydrogens is 470 g/mol. The van der Waals surface area contributed by atoms with E-state index in [1.54, 1.807) is 19.2 Å². The zero-order valence-corrected chi connectivity index (χ0v) is 20.8. The Balaban J connectivity index is 1.22. The summed E-state index contributed by atoms with van der Waals surface area (Å²) in [5.41, 5.74) is 3.34. The van der Waals surface area contributed by atoms with E-state index in [2.05, 4.69) is 10.2 Å². The van der Waals surface area contributed by atoms with Gasteiger partial charge < -0.3 is 19.6 Å². The molecule has 0 unspecified atom stereocenters. The molecule has 3 aromatic rings. The molecule has 0 spiro atoms. The van der Waals surface area contributed by atoms with Gasteiger partial charge in [0.15, 0.2) is 0 Å². The summed E-state index contributed by atoms with van der Waals surface area (Å²) >= 11 is 0. The van der Waals surface area contributed by atoms with Gasteiger partial charge in [0, 0.05) is 44.4 Å². The van der Waals surface area contributed by atoms with Crippen LogP contribution in [-0.2, 0) is 9.53 Å². The zero-order valence-electron chi connectivity index (χ0n) is 20.8. The number of carboxylic acid groups (broad SMARTS) is 1. The van der Waals surface area contributed by atoms with Gasteiger partial charge in [0.2, 0.25) is 5.91 Å². The van der Waals surface area contributed by atoms with Gasteiger partial charge in [0.1, 0.15) is 6.10 Å². The molecule has 0 radical (unpaired) electrons. The van der Waals surface area contributed by atoms with Crippen molar-refractivity contribution >= 4 is 29.3 Å². The predicted molar refractivity (Wildman–Crippen MR) is 143 cm³/mol. The molecular formula is C29H31N3O5. The molecule has 0 aromatic heterocycles. The van der Waals surface area contributed by atoms with Crippen molar-refractivity contribution in [2.24, 2.45) is 0 Å². The minimum Gasteiger partial charge on any atom is -0.478 e. The number of nitrogens with zero attached hydrogens (tertiary/aromatic N) is 2. The third-order valence-electron chi connectivity index (χ3n) is 6.55. The summed E-state index contributed by atoms with van der Waals surface area (Å²) < 4.78 is 5.69. The van der Waals surface area contributed by atoms with Crippen molar-refractivity contribution in [1.29, 1.82) is 0 Å². The first-order valence-electron chi connectivity index (χ1n) is 12.3. The van der Waals surface area contributed by atoms with Crippen LogP contribution in [0.4, 0.5) is 16.2 Å². The fraction of sp³-hybridized carbons (Fsp3) is 0.276. The van der Waals surface area contributed by atoms with E-state index in [9.17, 15) is 14.4 Å². The number of para-hydroxylation sites is 1. The van der Waals surface area contributed by atoms with Crippen LogP contribution < -0.4 is 10.2 Å². The van der Waals surface area contributed by atoms with E-state index in [0.717, 1.165) is 24.2 Å². The molecule has 0 bridgehead atoms. The molecule has 2 N–H and O–H groups in total. The highest BCUT2D eigenvalue weighted by Crippen LogP contribution is 2.28. The second-order valence-electron chi connectivity index (χ2n) is 9.04. The fourth-order valence-electron chi connectivity index (χ4n) is 4.42. The normalized spacial score (nSPS) is 14.1. The first-order chi connectivity index (χ1) is 17.9. The number of carbonyl (C=O) groups is 3. The molecule has 0 atom stereocenters. The highest BCUT2D eigenvalue weighted by Gasteiger charge is 2.24. The van der Waals surface area contributed by atoms with Crippen molar-refractivity contribution in [2.45, 2.75) is 25.4 Å². The number of amides is 2. The van der Waals surface area contributed by atoms with Crippen molar-refractivity contribution in [3.8, 4) is 11.1 Å². The lowest BCUT2D eigenvalue weighted by molar-refractivity contribution is -0.118. The average molecular weight is 502 g/mol. The number of hydrogen-bond donors (Lipinski definition) is 2. The van der Waals surface area contributed by atoms with Crippen LogP contribution in [0.15, 0.2) is 78.9 Å². The van der Waals surface area contributed by atoms with E-state index >= 15 is 0 Å². The van der Waals surface area contributed by atoms with Crippen LogP contribution in [0.25, 0.3) is 11.1 Å². The van der Waals surface area contributed by atoms with E-state index in [-0.39, 0.29) is 17.6 Å². The standard InChI is InChI=1S/C29H31N3O5/c1-31(23-11-7-10-22(20-23)28(34)35)27(33)16-19-32-17-14-24(15-18-32)37-29(36)30-26-13-6-5-12-25(26)21-8-3-2-4-9-21/h2-13,20,24H,14-19H2,1H3,(H,30,36)(H,34,35). The monoisotopic (exact) mass is 501 g/mol. The van der Waals surface area contributed by atoms with Gasteiger partial charge in [-0.2, -0.15) is 0 Å². The van der Waals surface area contributed by atoms with E-state index in [1.165, 1.54) is 17.0 Å². The van der Waals surface area contributed by atoms with Gasteiger partial charge in [-0.15, -0.1) is 0 Å². The third kappa shape index (κ3) is 6.95. The highest BCUT2D eigenvalue weighted by atomic mass is 16.6. The maximum Gasteiger partial charge on any atom is 0.411 e. The molecule has 1 fully saturated rings. The molecule has 1 saturated heterocycles. The molecule has 1 aliphatic rings. The number of nitrogens with one attached hydrogen (secondary N) is 1. The fourth-order valence-corrected chi connectivity index (χ4v) is 4.42. The summed E-state index contributed by atoms with van der Waals surface area (Å²) in [6.07, 6.45) is 1.05. The molecule has 192 valence electrons.